The number of nitriles is 1. The Hall–Kier alpha value is -3.00. The van der Waals surface area contributed by atoms with E-state index in [1.807, 2.05) is 24.3 Å². The number of aromatic nitrogens is 3. The van der Waals surface area contributed by atoms with Gasteiger partial charge >= 0.3 is 0 Å². The van der Waals surface area contributed by atoms with Crippen LogP contribution < -0.4 is 5.32 Å². The Kier molecular flexibility index (Phi) is 5.94. The zero-order chi connectivity index (χ0) is 21.1. The fraction of sp³-hybridized carbons (Fsp3) is 0.100. The summed E-state index contributed by atoms with van der Waals surface area (Å²) in [5.74, 6) is -0.453. The van der Waals surface area contributed by atoms with E-state index in [0.29, 0.717) is 20.2 Å². The molecule has 1 unspecified atom stereocenters. The molecule has 1 atom stereocenters. The van der Waals surface area contributed by atoms with Crippen molar-refractivity contribution in [3.8, 4) is 6.07 Å². The number of nitrogens with zero attached hydrogens (tertiary/aromatic N) is 4. The molecule has 0 amide bonds. The van der Waals surface area contributed by atoms with Crippen LogP contribution in [0.3, 0.4) is 0 Å². The molecule has 0 saturated carbocycles. The lowest BCUT2D eigenvalue weighted by molar-refractivity contribution is 0.402. The van der Waals surface area contributed by atoms with Crippen molar-refractivity contribution >= 4 is 61.0 Å². The molecule has 150 valence electrons. The van der Waals surface area contributed by atoms with Crippen LogP contribution in [-0.2, 0) is 0 Å². The highest BCUT2D eigenvalue weighted by Crippen LogP contribution is 2.36. The third kappa shape index (κ3) is 4.28. The Morgan fingerprint density at radius 3 is 2.70 bits per heavy atom. The molecular formula is C20H14FN5OS3. The Balaban J connectivity index is 1.52. The van der Waals surface area contributed by atoms with Gasteiger partial charge in [-0.25, -0.2) is 9.37 Å². The van der Waals surface area contributed by atoms with Gasteiger partial charge in [-0.3, -0.25) is 0 Å². The first-order valence-corrected chi connectivity index (χ1v) is 11.3. The van der Waals surface area contributed by atoms with Gasteiger partial charge in [0.2, 0.25) is 5.13 Å². The van der Waals surface area contributed by atoms with Crippen LogP contribution >= 0.6 is 34.4 Å². The van der Waals surface area contributed by atoms with Crippen LogP contribution in [0.1, 0.15) is 11.9 Å². The lowest BCUT2D eigenvalue weighted by Gasteiger charge is -2.09. The number of hydrogen-bond acceptors (Lipinski definition) is 9. The predicted molar refractivity (Wildman–Crippen MR) is 120 cm³/mol. The molecule has 2 aromatic carbocycles. The maximum Gasteiger partial charge on any atom is 0.210 e. The number of aliphatic hydroxyl groups excluding tert-OH is 1. The molecule has 4 aromatic rings. The fourth-order valence-electron chi connectivity index (χ4n) is 2.59. The molecule has 4 rings (SSSR count). The lowest BCUT2D eigenvalue weighted by atomic mass is 10.2. The molecule has 2 N–H and O–H groups in total. The number of nitrogens with one attached hydrogen (secondary N) is 1. The van der Waals surface area contributed by atoms with Crippen molar-refractivity contribution in [2.45, 2.75) is 16.5 Å². The molecule has 6 nitrogen and oxygen atoms in total. The van der Waals surface area contributed by atoms with Gasteiger partial charge in [0.25, 0.3) is 0 Å². The highest BCUT2D eigenvalue weighted by molar-refractivity contribution is 8.01. The standard InChI is InChI=1S/C20H14FN5OS3/c1-11(17(27)12(10-22)18-23-15-8-4-5-9-16(15)29-18)28-20-26-25-19(30-20)24-14-7-3-2-6-13(14)21/h2-9,11,27H,1H3,(H,24,25)/b17-12-. The number of thiazole rings is 1. The highest BCUT2D eigenvalue weighted by atomic mass is 32.2. The van der Waals surface area contributed by atoms with Gasteiger partial charge in [-0.05, 0) is 31.2 Å². The molecule has 0 spiro atoms. The van der Waals surface area contributed by atoms with E-state index in [4.69, 9.17) is 0 Å². The van der Waals surface area contributed by atoms with E-state index in [0.717, 1.165) is 10.2 Å². The second-order valence-corrected chi connectivity index (χ2v) is 9.69. The van der Waals surface area contributed by atoms with Crippen LogP contribution in [0.4, 0.5) is 15.2 Å². The molecule has 0 radical (unpaired) electrons. The number of anilines is 2. The second-order valence-electron chi connectivity index (χ2n) is 6.10. The number of thioether (sulfide) groups is 1. The second kappa shape index (κ2) is 8.79. The minimum Gasteiger partial charge on any atom is -0.510 e. The molecule has 0 bridgehead atoms. The van der Waals surface area contributed by atoms with Gasteiger partial charge in [-0.1, -0.05) is 47.4 Å². The highest BCUT2D eigenvalue weighted by Gasteiger charge is 2.21. The molecule has 0 aliphatic rings. The van der Waals surface area contributed by atoms with E-state index in [9.17, 15) is 14.8 Å². The zero-order valence-electron chi connectivity index (χ0n) is 15.5. The molecule has 10 heteroatoms. The molecule has 0 aliphatic carbocycles. The first kappa shape index (κ1) is 20.3. The summed E-state index contributed by atoms with van der Waals surface area (Å²) >= 11 is 3.85. The summed E-state index contributed by atoms with van der Waals surface area (Å²) in [6.45, 7) is 1.77. The number of fused-ring (bicyclic) bond motifs is 1. The van der Waals surface area contributed by atoms with Crippen molar-refractivity contribution in [1.82, 2.24) is 15.2 Å². The number of benzene rings is 2. The molecule has 0 saturated heterocycles. The van der Waals surface area contributed by atoms with Crippen LogP contribution in [0.2, 0.25) is 0 Å². The Morgan fingerprint density at radius 1 is 1.17 bits per heavy atom. The summed E-state index contributed by atoms with van der Waals surface area (Å²) in [6.07, 6.45) is 0. The van der Waals surface area contributed by atoms with Crippen LogP contribution in [0.5, 0.6) is 0 Å². The molecule has 0 aliphatic heterocycles. The summed E-state index contributed by atoms with van der Waals surface area (Å²) in [4.78, 5) is 4.45. The summed E-state index contributed by atoms with van der Waals surface area (Å²) in [5.41, 5.74) is 1.24. The van der Waals surface area contributed by atoms with Crippen LogP contribution in [0, 0.1) is 17.1 Å². The maximum atomic E-state index is 13.8. The number of hydrogen-bond donors (Lipinski definition) is 2. The van der Waals surface area contributed by atoms with E-state index in [1.54, 1.807) is 25.1 Å². The Labute approximate surface area is 183 Å². The van der Waals surface area contributed by atoms with Crippen molar-refractivity contribution in [3.05, 3.63) is 65.1 Å². The number of aliphatic hydroxyl groups is 1. The number of para-hydroxylation sites is 2. The van der Waals surface area contributed by atoms with Crippen molar-refractivity contribution < 1.29 is 9.50 Å². The van der Waals surface area contributed by atoms with E-state index in [1.165, 1.54) is 40.5 Å². The third-order valence-corrected chi connectivity index (χ3v) is 7.15. The molecule has 0 fully saturated rings. The van der Waals surface area contributed by atoms with Gasteiger partial charge in [0.1, 0.15) is 28.2 Å². The summed E-state index contributed by atoms with van der Waals surface area (Å²) in [6, 6.07) is 15.9. The van der Waals surface area contributed by atoms with E-state index in [2.05, 4.69) is 26.6 Å². The summed E-state index contributed by atoms with van der Waals surface area (Å²) in [7, 11) is 0. The molecule has 2 aromatic heterocycles. The smallest absolute Gasteiger partial charge is 0.210 e. The van der Waals surface area contributed by atoms with Gasteiger partial charge in [0.05, 0.1) is 21.2 Å². The van der Waals surface area contributed by atoms with E-state index < -0.39 is 5.25 Å². The van der Waals surface area contributed by atoms with Crippen molar-refractivity contribution in [1.29, 1.82) is 5.26 Å². The lowest BCUT2D eigenvalue weighted by Crippen LogP contribution is -2.03. The molecule has 30 heavy (non-hydrogen) atoms. The molecule has 2 heterocycles. The van der Waals surface area contributed by atoms with Gasteiger partial charge in [-0.2, -0.15) is 5.26 Å². The largest absolute Gasteiger partial charge is 0.510 e. The monoisotopic (exact) mass is 455 g/mol. The first-order valence-electron chi connectivity index (χ1n) is 8.76. The number of rotatable bonds is 6. The Morgan fingerprint density at radius 2 is 1.93 bits per heavy atom. The topological polar surface area (TPSA) is 94.7 Å². The average molecular weight is 456 g/mol. The number of halogens is 1. The van der Waals surface area contributed by atoms with E-state index >= 15 is 0 Å². The van der Waals surface area contributed by atoms with Crippen LogP contribution in [-0.4, -0.2) is 25.5 Å². The van der Waals surface area contributed by atoms with Gasteiger partial charge in [-0.15, -0.1) is 21.5 Å². The SMILES string of the molecule is CC(Sc1nnc(Nc2ccccc2F)s1)/C(O)=C(\C#N)c1nc2ccccc2s1. The number of allylic oxidation sites excluding steroid dienone is 1. The zero-order valence-corrected chi connectivity index (χ0v) is 18.0. The Bertz CT molecular complexity index is 1240. The minimum atomic E-state index is -0.444. The summed E-state index contributed by atoms with van der Waals surface area (Å²) in [5, 5.41) is 31.7. The van der Waals surface area contributed by atoms with Crippen molar-refractivity contribution in [2.24, 2.45) is 0 Å². The van der Waals surface area contributed by atoms with Crippen LogP contribution in [0.15, 0.2) is 58.6 Å². The first-order chi connectivity index (χ1) is 14.5. The average Bonchev–Trinajstić information content (AvgIpc) is 3.36. The molecular weight excluding hydrogens is 441 g/mol. The van der Waals surface area contributed by atoms with Crippen molar-refractivity contribution in [2.75, 3.05) is 5.32 Å². The minimum absolute atomic E-state index is 0.0691. The van der Waals surface area contributed by atoms with Gasteiger partial charge < -0.3 is 10.4 Å². The van der Waals surface area contributed by atoms with Gasteiger partial charge in [0.15, 0.2) is 4.34 Å². The van der Waals surface area contributed by atoms with E-state index in [-0.39, 0.29) is 17.1 Å². The normalized spacial score (nSPS) is 13.0. The van der Waals surface area contributed by atoms with Crippen LogP contribution in [0.25, 0.3) is 15.8 Å². The predicted octanol–water partition coefficient (Wildman–Crippen LogP) is 6.00. The van der Waals surface area contributed by atoms with Gasteiger partial charge in [0, 0.05) is 0 Å². The fourth-order valence-corrected chi connectivity index (χ4v) is 5.53. The maximum absolute atomic E-state index is 13.8. The summed E-state index contributed by atoms with van der Waals surface area (Å²) < 4.78 is 15.3. The quantitative estimate of drug-likeness (QED) is 0.209. The third-order valence-electron chi connectivity index (χ3n) is 4.06. The van der Waals surface area contributed by atoms with Crippen molar-refractivity contribution in [3.63, 3.8) is 0 Å².